The first-order valence-electron chi connectivity index (χ1n) is 9.24. The Bertz CT molecular complexity index is 760. The summed E-state index contributed by atoms with van der Waals surface area (Å²) < 4.78 is 27.8. The number of fused-ring (bicyclic) bond motifs is 1. The predicted molar refractivity (Wildman–Crippen MR) is 102 cm³/mol. The van der Waals surface area contributed by atoms with E-state index in [2.05, 4.69) is 14.9 Å². The number of nitrogens with zero attached hydrogens (tertiary/aromatic N) is 2. The van der Waals surface area contributed by atoms with Crippen molar-refractivity contribution in [3.05, 3.63) is 23.8 Å². The Morgan fingerprint density at radius 3 is 2.73 bits per heavy atom. The molecule has 1 unspecified atom stereocenters. The van der Waals surface area contributed by atoms with E-state index in [0.29, 0.717) is 13.0 Å². The number of carbonyl (C=O) groups is 1. The second kappa shape index (κ2) is 8.04. The molecule has 26 heavy (non-hydrogen) atoms. The standard InChI is InChI=1S/C18H28N4O3S/c1-14-12-16-13-17(4-5-18(16)22(14)15(2)23)26(24,25)20-6-3-9-21-10-7-19-8-11-21/h4-5,13-14,19-20H,3,6-12H2,1-2H3. The Balaban J connectivity index is 1.59. The molecule has 3 rings (SSSR count). The summed E-state index contributed by atoms with van der Waals surface area (Å²) in [5.74, 6) is -0.0158. The smallest absolute Gasteiger partial charge is 0.240 e. The summed E-state index contributed by atoms with van der Waals surface area (Å²) in [7, 11) is -3.52. The molecule has 8 heteroatoms. The van der Waals surface area contributed by atoms with Gasteiger partial charge in [0.15, 0.2) is 0 Å². The zero-order valence-electron chi connectivity index (χ0n) is 15.5. The van der Waals surface area contributed by atoms with Gasteiger partial charge in [-0.15, -0.1) is 0 Å². The highest BCUT2D eigenvalue weighted by Gasteiger charge is 2.30. The van der Waals surface area contributed by atoms with E-state index in [1.54, 1.807) is 23.1 Å². The Kier molecular flexibility index (Phi) is 5.96. The Morgan fingerprint density at radius 1 is 1.31 bits per heavy atom. The number of rotatable bonds is 6. The van der Waals surface area contributed by atoms with Crippen LogP contribution in [0.25, 0.3) is 0 Å². The number of nitrogens with one attached hydrogen (secondary N) is 2. The van der Waals surface area contributed by atoms with Gasteiger partial charge in [-0.25, -0.2) is 13.1 Å². The maximum atomic E-state index is 12.6. The van der Waals surface area contributed by atoms with Crippen LogP contribution in [0.2, 0.25) is 0 Å². The highest BCUT2D eigenvalue weighted by atomic mass is 32.2. The third-order valence-electron chi connectivity index (χ3n) is 5.07. The fraction of sp³-hybridized carbons (Fsp3) is 0.611. The van der Waals surface area contributed by atoms with Crippen molar-refractivity contribution in [1.29, 1.82) is 0 Å². The first kappa shape index (κ1) is 19.3. The van der Waals surface area contributed by atoms with Gasteiger partial charge in [-0.2, -0.15) is 0 Å². The van der Waals surface area contributed by atoms with E-state index in [-0.39, 0.29) is 16.8 Å². The Hall–Kier alpha value is -1.48. The maximum absolute atomic E-state index is 12.6. The van der Waals surface area contributed by atoms with Crippen LogP contribution in [0.15, 0.2) is 23.1 Å². The summed E-state index contributed by atoms with van der Waals surface area (Å²) in [6.45, 7) is 8.87. The minimum absolute atomic E-state index is 0.0158. The van der Waals surface area contributed by atoms with Gasteiger partial charge in [0.25, 0.3) is 0 Å². The normalized spacial score (nSPS) is 21.0. The minimum atomic E-state index is -3.52. The first-order valence-corrected chi connectivity index (χ1v) is 10.7. The predicted octanol–water partition coefficient (Wildman–Crippen LogP) is 0.558. The molecule has 1 atom stereocenters. The highest BCUT2D eigenvalue weighted by molar-refractivity contribution is 7.89. The molecule has 0 spiro atoms. The van der Waals surface area contributed by atoms with E-state index in [4.69, 9.17) is 0 Å². The molecule has 1 aromatic rings. The van der Waals surface area contributed by atoms with Crippen LogP contribution in [0, 0.1) is 0 Å². The van der Waals surface area contributed by atoms with Crippen LogP contribution in [-0.4, -0.2) is 64.5 Å². The minimum Gasteiger partial charge on any atom is -0.314 e. The molecule has 0 bridgehead atoms. The molecule has 144 valence electrons. The third-order valence-corrected chi connectivity index (χ3v) is 6.53. The number of carbonyl (C=O) groups excluding carboxylic acids is 1. The lowest BCUT2D eigenvalue weighted by molar-refractivity contribution is -0.116. The molecule has 2 N–H and O–H groups in total. The number of hydrogen-bond acceptors (Lipinski definition) is 5. The molecule has 0 aliphatic carbocycles. The van der Waals surface area contributed by atoms with Crippen LogP contribution in [-0.2, 0) is 21.2 Å². The van der Waals surface area contributed by atoms with Crippen molar-refractivity contribution in [3.8, 4) is 0 Å². The quantitative estimate of drug-likeness (QED) is 0.705. The van der Waals surface area contributed by atoms with Crippen molar-refractivity contribution in [2.75, 3.05) is 44.2 Å². The molecule has 7 nitrogen and oxygen atoms in total. The van der Waals surface area contributed by atoms with Crippen molar-refractivity contribution in [3.63, 3.8) is 0 Å². The van der Waals surface area contributed by atoms with E-state index < -0.39 is 10.0 Å². The molecular formula is C18H28N4O3S. The van der Waals surface area contributed by atoms with Gasteiger partial charge < -0.3 is 15.1 Å². The van der Waals surface area contributed by atoms with E-state index in [1.807, 2.05) is 6.92 Å². The van der Waals surface area contributed by atoms with Crippen LogP contribution in [0.1, 0.15) is 25.8 Å². The number of benzene rings is 1. The van der Waals surface area contributed by atoms with Gasteiger partial charge in [-0.05, 0) is 50.1 Å². The van der Waals surface area contributed by atoms with E-state index >= 15 is 0 Å². The average molecular weight is 381 g/mol. The molecular weight excluding hydrogens is 352 g/mol. The van der Waals surface area contributed by atoms with Crippen molar-refractivity contribution in [2.45, 2.75) is 37.6 Å². The van der Waals surface area contributed by atoms with Gasteiger partial charge in [0.1, 0.15) is 0 Å². The largest absolute Gasteiger partial charge is 0.314 e. The lowest BCUT2D eigenvalue weighted by Crippen LogP contribution is -2.44. The second-order valence-corrected chi connectivity index (χ2v) is 8.84. The van der Waals surface area contributed by atoms with Crippen LogP contribution in [0.3, 0.4) is 0 Å². The average Bonchev–Trinajstić information content (AvgIpc) is 2.94. The van der Waals surface area contributed by atoms with Gasteiger partial charge in [0.05, 0.1) is 4.90 Å². The molecule has 0 aromatic heterocycles. The molecule has 0 saturated carbocycles. The van der Waals surface area contributed by atoms with Crippen molar-refractivity contribution >= 4 is 21.6 Å². The molecule has 0 radical (unpaired) electrons. The van der Waals surface area contributed by atoms with Gasteiger partial charge >= 0.3 is 0 Å². The van der Waals surface area contributed by atoms with Gasteiger partial charge in [0, 0.05) is 51.4 Å². The van der Waals surface area contributed by atoms with Crippen LogP contribution < -0.4 is 14.9 Å². The fourth-order valence-electron chi connectivity index (χ4n) is 3.78. The number of anilines is 1. The van der Waals surface area contributed by atoms with Crippen LogP contribution in [0.4, 0.5) is 5.69 Å². The zero-order valence-corrected chi connectivity index (χ0v) is 16.3. The van der Waals surface area contributed by atoms with Gasteiger partial charge in [0.2, 0.25) is 15.9 Å². The molecule has 1 amide bonds. The number of hydrogen-bond donors (Lipinski definition) is 2. The number of piperazine rings is 1. The van der Waals surface area contributed by atoms with Gasteiger partial charge in [-0.3, -0.25) is 4.79 Å². The zero-order chi connectivity index (χ0) is 18.7. The monoisotopic (exact) mass is 380 g/mol. The summed E-state index contributed by atoms with van der Waals surface area (Å²) in [5, 5.41) is 3.31. The highest BCUT2D eigenvalue weighted by Crippen LogP contribution is 2.33. The summed E-state index contributed by atoms with van der Waals surface area (Å²) in [5.41, 5.74) is 1.74. The third kappa shape index (κ3) is 4.25. The molecule has 1 saturated heterocycles. The van der Waals surface area contributed by atoms with Crippen molar-refractivity contribution in [2.24, 2.45) is 0 Å². The summed E-state index contributed by atoms with van der Waals surface area (Å²) in [4.78, 5) is 16.1. The maximum Gasteiger partial charge on any atom is 0.240 e. The lowest BCUT2D eigenvalue weighted by Gasteiger charge is -2.27. The molecule has 1 aromatic carbocycles. The summed E-state index contributed by atoms with van der Waals surface area (Å²) in [6, 6.07) is 5.10. The van der Waals surface area contributed by atoms with Crippen LogP contribution >= 0.6 is 0 Å². The number of sulfonamides is 1. The van der Waals surface area contributed by atoms with E-state index in [0.717, 1.165) is 50.4 Å². The molecule has 2 aliphatic rings. The van der Waals surface area contributed by atoms with E-state index in [9.17, 15) is 13.2 Å². The Morgan fingerprint density at radius 2 is 2.04 bits per heavy atom. The number of amides is 1. The van der Waals surface area contributed by atoms with Crippen LogP contribution in [0.5, 0.6) is 0 Å². The lowest BCUT2D eigenvalue weighted by atomic mass is 10.1. The van der Waals surface area contributed by atoms with E-state index in [1.165, 1.54) is 6.92 Å². The Labute approximate surface area is 155 Å². The van der Waals surface area contributed by atoms with Crippen molar-refractivity contribution in [1.82, 2.24) is 14.9 Å². The van der Waals surface area contributed by atoms with Crippen molar-refractivity contribution < 1.29 is 13.2 Å². The second-order valence-electron chi connectivity index (χ2n) is 7.08. The fourth-order valence-corrected chi connectivity index (χ4v) is 4.91. The SMILES string of the molecule is CC(=O)N1c2ccc(S(=O)(=O)NCCCN3CCNCC3)cc2CC1C. The molecule has 1 fully saturated rings. The van der Waals surface area contributed by atoms with Gasteiger partial charge in [-0.1, -0.05) is 0 Å². The molecule has 2 heterocycles. The summed E-state index contributed by atoms with van der Waals surface area (Å²) >= 11 is 0. The summed E-state index contributed by atoms with van der Waals surface area (Å²) in [6.07, 6.45) is 1.47. The topological polar surface area (TPSA) is 81.8 Å². The molecule has 2 aliphatic heterocycles. The first-order chi connectivity index (χ1) is 12.4.